The molecule has 1 aliphatic rings. The average Bonchev–Trinajstić information content (AvgIpc) is 3.37. The van der Waals surface area contributed by atoms with Crippen LogP contribution < -0.4 is 10.8 Å². The van der Waals surface area contributed by atoms with E-state index in [2.05, 4.69) is 92.6 Å². The largest absolute Gasteiger partial charge is 0.494 e. The maximum Gasteiger partial charge on any atom is 0.494 e. The number of aromatic nitrogens is 2. The summed E-state index contributed by atoms with van der Waals surface area (Å²) in [5.41, 5.74) is 4.05. The monoisotopic (exact) mass is 541 g/mol. The van der Waals surface area contributed by atoms with E-state index in [4.69, 9.17) is 19.0 Å². The van der Waals surface area contributed by atoms with E-state index in [0.717, 1.165) is 58.1 Å². The maximum atomic E-state index is 11.8. The van der Waals surface area contributed by atoms with Gasteiger partial charge in [0.25, 0.3) is 0 Å². The van der Waals surface area contributed by atoms with Crippen molar-refractivity contribution in [1.29, 1.82) is 0 Å². The molecule has 0 unspecified atom stereocenters. The van der Waals surface area contributed by atoms with Crippen LogP contribution in [0.5, 0.6) is 0 Å². The molecule has 1 aromatic heterocycles. The fourth-order valence-corrected chi connectivity index (χ4v) is 4.85. The van der Waals surface area contributed by atoms with Gasteiger partial charge in [-0.1, -0.05) is 36.4 Å². The summed E-state index contributed by atoms with van der Waals surface area (Å²) in [5, 5.41) is 5.14. The van der Waals surface area contributed by atoms with E-state index < -0.39 is 5.60 Å². The molecule has 1 fully saturated rings. The van der Waals surface area contributed by atoms with Gasteiger partial charge in [-0.25, -0.2) is 9.78 Å². The summed E-state index contributed by atoms with van der Waals surface area (Å²) in [6.07, 6.45) is 2.21. The van der Waals surface area contributed by atoms with Gasteiger partial charge < -0.3 is 24.3 Å². The molecule has 1 amide bonds. The Kier molecular flexibility index (Phi) is 7.44. The van der Waals surface area contributed by atoms with Crippen molar-refractivity contribution < 1.29 is 18.8 Å². The third kappa shape index (κ3) is 6.18. The Morgan fingerprint density at radius 3 is 2.33 bits per heavy atom. The predicted octanol–water partition coefficient (Wildman–Crippen LogP) is 6.53. The van der Waals surface area contributed by atoms with Crippen molar-refractivity contribution >= 4 is 40.5 Å². The van der Waals surface area contributed by atoms with E-state index in [0.29, 0.717) is 6.54 Å². The minimum absolute atomic E-state index is 0.371. The van der Waals surface area contributed by atoms with Gasteiger partial charge in [-0.05, 0) is 107 Å². The molecule has 210 valence electrons. The third-order valence-corrected chi connectivity index (χ3v) is 7.76. The Morgan fingerprint density at radius 1 is 0.925 bits per heavy atom. The lowest BCUT2D eigenvalue weighted by atomic mass is 9.78. The normalized spacial score (nSPS) is 16.5. The maximum absolute atomic E-state index is 11.8. The summed E-state index contributed by atoms with van der Waals surface area (Å²) in [7, 11) is -0.383. The van der Waals surface area contributed by atoms with Crippen LogP contribution in [0.15, 0.2) is 54.6 Å². The van der Waals surface area contributed by atoms with Gasteiger partial charge >= 0.3 is 13.2 Å². The van der Waals surface area contributed by atoms with Gasteiger partial charge in [-0.15, -0.1) is 0 Å². The number of H-pyrrole nitrogens is 1. The summed E-state index contributed by atoms with van der Waals surface area (Å²) in [6.45, 7) is 14.5. The van der Waals surface area contributed by atoms with Gasteiger partial charge in [0.2, 0.25) is 0 Å². The van der Waals surface area contributed by atoms with E-state index in [1.807, 2.05) is 20.8 Å². The minimum Gasteiger partial charge on any atom is -0.444 e. The first kappa shape index (κ1) is 28.2. The van der Waals surface area contributed by atoms with Gasteiger partial charge in [-0.3, -0.25) is 0 Å². The van der Waals surface area contributed by atoms with Gasteiger partial charge in [0, 0.05) is 13.0 Å². The molecule has 0 bridgehead atoms. The Bertz CT molecular complexity index is 1520. The van der Waals surface area contributed by atoms with Crippen molar-refractivity contribution in [3.05, 3.63) is 60.4 Å². The number of aromatic amines is 1. The highest BCUT2D eigenvalue weighted by molar-refractivity contribution is 6.62. The summed E-state index contributed by atoms with van der Waals surface area (Å²) in [6, 6.07) is 19.3. The first-order valence-electron chi connectivity index (χ1n) is 14.1. The van der Waals surface area contributed by atoms with Gasteiger partial charge in [0.15, 0.2) is 0 Å². The summed E-state index contributed by atoms with van der Waals surface area (Å²) in [5.74, 6) is 0.954. The van der Waals surface area contributed by atoms with Crippen molar-refractivity contribution in [3.8, 4) is 11.1 Å². The first-order valence-corrected chi connectivity index (χ1v) is 14.1. The Morgan fingerprint density at radius 2 is 1.60 bits per heavy atom. The number of alkyl carbamates (subject to hydrolysis) is 1. The number of hydrogen-bond donors (Lipinski definition) is 2. The summed E-state index contributed by atoms with van der Waals surface area (Å²) in [4.78, 5) is 20.0. The van der Waals surface area contributed by atoms with Crippen molar-refractivity contribution in [1.82, 2.24) is 15.3 Å². The molecule has 4 aromatic rings. The average molecular weight is 542 g/mol. The minimum atomic E-state index is -0.485. The van der Waals surface area contributed by atoms with Crippen LogP contribution in [0.25, 0.3) is 32.9 Å². The van der Waals surface area contributed by atoms with Crippen LogP contribution in [0.1, 0.15) is 67.1 Å². The van der Waals surface area contributed by atoms with E-state index in [-0.39, 0.29) is 24.4 Å². The highest BCUT2D eigenvalue weighted by Crippen LogP contribution is 2.37. The van der Waals surface area contributed by atoms with E-state index >= 15 is 0 Å². The summed E-state index contributed by atoms with van der Waals surface area (Å²) < 4.78 is 17.8. The molecule has 3 aromatic carbocycles. The molecule has 2 N–H and O–H groups in total. The molecule has 0 aliphatic carbocycles. The Labute approximate surface area is 237 Å². The molecular formula is C32H40BN3O4. The number of aryl methyl sites for hydroxylation is 1. The van der Waals surface area contributed by atoms with Crippen molar-refractivity contribution in [3.63, 3.8) is 0 Å². The second-order valence-corrected chi connectivity index (χ2v) is 12.7. The van der Waals surface area contributed by atoms with Crippen LogP contribution in [0.4, 0.5) is 4.79 Å². The number of nitrogens with one attached hydrogen (secondary N) is 2. The number of unbranched alkanes of at least 4 members (excludes halogenated alkanes) is 1. The van der Waals surface area contributed by atoms with Crippen LogP contribution in [-0.2, 0) is 20.5 Å². The molecule has 1 saturated heterocycles. The van der Waals surface area contributed by atoms with Crippen LogP contribution in [-0.4, -0.2) is 46.5 Å². The molecular weight excluding hydrogens is 501 g/mol. The Hall–Kier alpha value is -3.36. The zero-order valence-electron chi connectivity index (χ0n) is 24.7. The number of ether oxygens (including phenoxy) is 1. The molecule has 5 rings (SSSR count). The summed E-state index contributed by atoms with van der Waals surface area (Å²) >= 11 is 0. The molecule has 1 aliphatic heterocycles. The third-order valence-electron chi connectivity index (χ3n) is 7.76. The number of hydrogen-bond acceptors (Lipinski definition) is 5. The number of imidazole rings is 1. The van der Waals surface area contributed by atoms with Crippen molar-refractivity contribution in [2.24, 2.45) is 0 Å². The number of amides is 1. The second-order valence-electron chi connectivity index (χ2n) is 12.7. The number of benzene rings is 3. The molecule has 8 heteroatoms. The predicted molar refractivity (Wildman–Crippen MR) is 162 cm³/mol. The second kappa shape index (κ2) is 10.6. The zero-order valence-corrected chi connectivity index (χ0v) is 24.7. The van der Waals surface area contributed by atoms with E-state index in [1.54, 1.807) is 0 Å². The smallest absolute Gasteiger partial charge is 0.444 e. The molecule has 40 heavy (non-hydrogen) atoms. The molecule has 7 nitrogen and oxygen atoms in total. The SMILES string of the molecule is CC(C)(C)OC(=O)NCCCCc1nc2ccc(-c3ccc4ccc(B5OC(C)(C)C(C)(C)O5)cc4c3)cc2[nH]1. The van der Waals surface area contributed by atoms with E-state index in [1.165, 1.54) is 5.39 Å². The van der Waals surface area contributed by atoms with E-state index in [9.17, 15) is 4.79 Å². The van der Waals surface area contributed by atoms with Gasteiger partial charge in [-0.2, -0.15) is 0 Å². The molecule has 2 heterocycles. The molecule has 0 saturated carbocycles. The standard InChI is InChI=1S/C32H40BN3O4/c1-30(2,3)38-29(37)34-17-9-8-10-28-35-26-16-14-23(20-27(26)36-28)22-12-11-21-13-15-25(19-24(21)18-22)33-39-31(4,5)32(6,7)40-33/h11-16,18-20H,8-10,17H2,1-7H3,(H,34,37)(H,35,36). The van der Waals surface area contributed by atoms with Crippen LogP contribution in [0, 0.1) is 0 Å². The highest BCUT2D eigenvalue weighted by atomic mass is 16.7. The fraction of sp³-hybridized carbons (Fsp3) is 0.438. The first-order chi connectivity index (χ1) is 18.8. The fourth-order valence-electron chi connectivity index (χ4n) is 4.85. The molecule has 0 radical (unpaired) electrons. The topological polar surface area (TPSA) is 85.5 Å². The zero-order chi connectivity index (χ0) is 28.7. The van der Waals surface area contributed by atoms with Crippen LogP contribution in [0.2, 0.25) is 0 Å². The number of nitrogens with zero attached hydrogens (tertiary/aromatic N) is 1. The van der Waals surface area contributed by atoms with Gasteiger partial charge in [0.1, 0.15) is 11.4 Å². The number of rotatable bonds is 7. The number of fused-ring (bicyclic) bond motifs is 2. The van der Waals surface area contributed by atoms with Crippen molar-refractivity contribution in [2.45, 2.75) is 84.5 Å². The lowest BCUT2D eigenvalue weighted by molar-refractivity contribution is 0.00578. The highest BCUT2D eigenvalue weighted by Gasteiger charge is 2.51. The van der Waals surface area contributed by atoms with Gasteiger partial charge in [0.05, 0.1) is 22.2 Å². The number of carbonyl (C=O) groups is 1. The van der Waals surface area contributed by atoms with Crippen LogP contribution in [0.3, 0.4) is 0 Å². The molecule has 0 atom stereocenters. The van der Waals surface area contributed by atoms with Crippen LogP contribution >= 0.6 is 0 Å². The molecule has 0 spiro atoms. The lowest BCUT2D eigenvalue weighted by Crippen LogP contribution is -2.41. The van der Waals surface area contributed by atoms with Crippen molar-refractivity contribution in [2.75, 3.05) is 6.54 Å². The lowest BCUT2D eigenvalue weighted by Gasteiger charge is -2.32. The Balaban J connectivity index is 1.25. The quantitative estimate of drug-likeness (QED) is 0.205. The number of carbonyl (C=O) groups excluding carboxylic acids is 1.